The van der Waals surface area contributed by atoms with Crippen molar-refractivity contribution < 1.29 is 0 Å². The zero-order valence-electron chi connectivity index (χ0n) is 11.4. The van der Waals surface area contributed by atoms with Crippen LogP contribution in [0.1, 0.15) is 39.3 Å². The first-order valence-electron chi connectivity index (χ1n) is 6.24. The van der Waals surface area contributed by atoms with Crippen LogP contribution in [0.2, 0.25) is 0 Å². The molecule has 0 aliphatic rings. The van der Waals surface area contributed by atoms with Gasteiger partial charge in [0.2, 0.25) is 0 Å². The van der Waals surface area contributed by atoms with E-state index >= 15 is 0 Å². The van der Waals surface area contributed by atoms with Crippen LogP contribution in [0.4, 0.5) is 5.69 Å². The van der Waals surface area contributed by atoms with E-state index in [1.807, 2.05) is 7.05 Å². The van der Waals surface area contributed by atoms with Gasteiger partial charge in [-0.15, -0.1) is 0 Å². The molecule has 1 atom stereocenters. The van der Waals surface area contributed by atoms with Crippen molar-refractivity contribution >= 4 is 21.6 Å². The second-order valence-electron chi connectivity index (χ2n) is 4.60. The normalized spacial score (nSPS) is 12.9. The highest BCUT2D eigenvalue weighted by Crippen LogP contribution is 2.30. The van der Waals surface area contributed by atoms with Gasteiger partial charge in [0.05, 0.1) is 5.69 Å². The molecule has 1 unspecified atom stereocenters. The molecule has 0 amide bonds. The fourth-order valence-corrected chi connectivity index (χ4v) is 2.63. The van der Waals surface area contributed by atoms with Gasteiger partial charge in [0, 0.05) is 23.1 Å². The van der Waals surface area contributed by atoms with Crippen LogP contribution in [0.15, 0.2) is 22.7 Å². The van der Waals surface area contributed by atoms with E-state index in [1.54, 1.807) is 0 Å². The first-order chi connectivity index (χ1) is 8.01. The Morgan fingerprint density at radius 2 is 1.94 bits per heavy atom. The first kappa shape index (κ1) is 14.5. The summed E-state index contributed by atoms with van der Waals surface area (Å²) < 4.78 is 1.17. The Kier molecular flexibility index (Phi) is 5.47. The quantitative estimate of drug-likeness (QED) is 0.885. The van der Waals surface area contributed by atoms with E-state index in [-0.39, 0.29) is 0 Å². The Hall–Kier alpha value is -0.540. The maximum absolute atomic E-state index is 3.68. The Morgan fingerprint density at radius 3 is 2.35 bits per heavy atom. The van der Waals surface area contributed by atoms with Crippen molar-refractivity contribution in [2.45, 2.75) is 39.8 Å². The van der Waals surface area contributed by atoms with Crippen LogP contribution >= 0.6 is 15.9 Å². The molecule has 1 rings (SSSR count). The highest BCUT2D eigenvalue weighted by Gasteiger charge is 2.13. The van der Waals surface area contributed by atoms with Crippen molar-refractivity contribution in [3.05, 3.63) is 28.2 Å². The molecule has 0 bridgehead atoms. The molecular formula is C14H23BrN2. The van der Waals surface area contributed by atoms with Gasteiger partial charge in [-0.3, -0.25) is 0 Å². The van der Waals surface area contributed by atoms with E-state index in [2.05, 4.69) is 72.0 Å². The molecule has 17 heavy (non-hydrogen) atoms. The minimum Gasteiger partial charge on any atom is -0.368 e. The maximum Gasteiger partial charge on any atom is 0.0513 e. The third kappa shape index (κ3) is 3.46. The molecule has 0 aromatic heterocycles. The van der Waals surface area contributed by atoms with Crippen LogP contribution in [0.25, 0.3) is 0 Å². The predicted molar refractivity (Wildman–Crippen MR) is 79.8 cm³/mol. The minimum atomic E-state index is 0.384. The summed E-state index contributed by atoms with van der Waals surface area (Å²) in [6.45, 7) is 9.83. The molecule has 0 aliphatic heterocycles. The molecular weight excluding hydrogens is 276 g/mol. The summed E-state index contributed by atoms with van der Waals surface area (Å²) in [5.74, 6) is 0. The number of nitrogens with one attached hydrogen (secondary N) is 1. The molecule has 0 spiro atoms. The summed E-state index contributed by atoms with van der Waals surface area (Å²) in [4.78, 5) is 2.39. The molecule has 1 aromatic carbocycles. The Bertz CT molecular complexity index is 363. The van der Waals surface area contributed by atoms with Crippen molar-refractivity contribution in [1.82, 2.24) is 5.32 Å². The predicted octanol–water partition coefficient (Wildman–Crippen LogP) is 3.96. The van der Waals surface area contributed by atoms with E-state index in [9.17, 15) is 0 Å². The summed E-state index contributed by atoms with van der Waals surface area (Å²) >= 11 is 3.68. The van der Waals surface area contributed by atoms with Gasteiger partial charge in [-0.05, 0) is 68.4 Å². The van der Waals surface area contributed by atoms with E-state index in [0.29, 0.717) is 12.1 Å². The largest absolute Gasteiger partial charge is 0.368 e. The lowest BCUT2D eigenvalue weighted by molar-refractivity contribution is 0.651. The molecule has 0 heterocycles. The van der Waals surface area contributed by atoms with Crippen molar-refractivity contribution in [3.63, 3.8) is 0 Å². The zero-order chi connectivity index (χ0) is 13.0. The average Bonchev–Trinajstić information content (AvgIpc) is 2.30. The molecule has 0 aliphatic carbocycles. The number of rotatable bonds is 5. The van der Waals surface area contributed by atoms with Gasteiger partial charge >= 0.3 is 0 Å². The second kappa shape index (κ2) is 6.41. The fraction of sp³-hybridized carbons (Fsp3) is 0.571. The topological polar surface area (TPSA) is 15.3 Å². The van der Waals surface area contributed by atoms with Crippen molar-refractivity contribution in [1.29, 1.82) is 0 Å². The van der Waals surface area contributed by atoms with Crippen LogP contribution in [0, 0.1) is 0 Å². The van der Waals surface area contributed by atoms with E-state index in [4.69, 9.17) is 0 Å². The van der Waals surface area contributed by atoms with Gasteiger partial charge < -0.3 is 10.2 Å². The number of benzene rings is 1. The zero-order valence-corrected chi connectivity index (χ0v) is 13.0. The highest BCUT2D eigenvalue weighted by molar-refractivity contribution is 9.10. The van der Waals surface area contributed by atoms with Gasteiger partial charge in [0.25, 0.3) is 0 Å². The van der Waals surface area contributed by atoms with E-state index < -0.39 is 0 Å². The van der Waals surface area contributed by atoms with Crippen molar-refractivity contribution in [2.24, 2.45) is 0 Å². The summed E-state index contributed by atoms with van der Waals surface area (Å²) in [5.41, 5.74) is 2.58. The summed E-state index contributed by atoms with van der Waals surface area (Å²) in [6, 6.07) is 7.52. The van der Waals surface area contributed by atoms with E-state index in [0.717, 1.165) is 6.54 Å². The van der Waals surface area contributed by atoms with Gasteiger partial charge in [0.1, 0.15) is 0 Å². The molecule has 1 N–H and O–H groups in total. The number of anilines is 1. The summed E-state index contributed by atoms with van der Waals surface area (Å²) in [5, 5.41) is 3.26. The highest BCUT2D eigenvalue weighted by atomic mass is 79.9. The van der Waals surface area contributed by atoms with Gasteiger partial charge in [-0.1, -0.05) is 6.07 Å². The van der Waals surface area contributed by atoms with Crippen LogP contribution < -0.4 is 10.2 Å². The fourth-order valence-electron chi connectivity index (χ4n) is 2.01. The number of nitrogens with zero attached hydrogens (tertiary/aromatic N) is 1. The minimum absolute atomic E-state index is 0.384. The molecule has 96 valence electrons. The number of hydrogen-bond donors (Lipinski definition) is 1. The Morgan fingerprint density at radius 1 is 1.29 bits per heavy atom. The monoisotopic (exact) mass is 298 g/mol. The summed E-state index contributed by atoms with van der Waals surface area (Å²) in [7, 11) is 1.99. The molecule has 0 radical (unpaired) electrons. The number of halogens is 1. The molecule has 0 saturated heterocycles. The smallest absolute Gasteiger partial charge is 0.0513 e. The maximum atomic E-state index is 3.68. The van der Waals surface area contributed by atoms with Gasteiger partial charge in [0.15, 0.2) is 0 Å². The lowest BCUT2D eigenvalue weighted by Gasteiger charge is -2.29. The Balaban J connectivity index is 3.04. The first-order valence-corrected chi connectivity index (χ1v) is 7.03. The summed E-state index contributed by atoms with van der Waals surface area (Å²) in [6.07, 6.45) is 0. The molecule has 2 nitrogen and oxygen atoms in total. The lowest BCUT2D eigenvalue weighted by Crippen LogP contribution is -2.30. The van der Waals surface area contributed by atoms with Gasteiger partial charge in [-0.25, -0.2) is 0 Å². The lowest BCUT2D eigenvalue weighted by atomic mass is 10.1. The standard InChI is InChI=1S/C14H23BrN2/c1-6-17(10(2)3)14-8-7-12(9-13(14)15)11(4)16-5/h7-11,16H,6H2,1-5H3. The average molecular weight is 299 g/mol. The second-order valence-corrected chi connectivity index (χ2v) is 5.46. The molecule has 1 aromatic rings. The third-order valence-electron chi connectivity index (χ3n) is 3.18. The molecule has 0 saturated carbocycles. The van der Waals surface area contributed by atoms with Crippen LogP contribution in [-0.4, -0.2) is 19.6 Å². The number of hydrogen-bond acceptors (Lipinski definition) is 2. The van der Waals surface area contributed by atoms with Gasteiger partial charge in [-0.2, -0.15) is 0 Å². The molecule has 3 heteroatoms. The molecule has 0 fully saturated rings. The van der Waals surface area contributed by atoms with Crippen LogP contribution in [0.3, 0.4) is 0 Å². The Labute approximate surface area is 114 Å². The third-order valence-corrected chi connectivity index (χ3v) is 3.81. The van der Waals surface area contributed by atoms with Crippen molar-refractivity contribution in [3.8, 4) is 0 Å². The van der Waals surface area contributed by atoms with Crippen LogP contribution in [0.5, 0.6) is 0 Å². The van der Waals surface area contributed by atoms with Crippen LogP contribution in [-0.2, 0) is 0 Å². The van der Waals surface area contributed by atoms with E-state index in [1.165, 1.54) is 15.7 Å². The SMILES string of the molecule is CCN(c1ccc(C(C)NC)cc1Br)C(C)C. The van der Waals surface area contributed by atoms with Crippen molar-refractivity contribution in [2.75, 3.05) is 18.5 Å².